The molecule has 1 aliphatic heterocycles. The number of nitrogens with zero attached hydrogens (tertiary/aromatic N) is 2. The Hall–Kier alpha value is -4.07. The van der Waals surface area contributed by atoms with E-state index in [0.29, 0.717) is 29.2 Å². The number of furan rings is 1. The molecule has 0 unspecified atom stereocenters. The number of aliphatic carboxylic acids is 1. The summed E-state index contributed by atoms with van der Waals surface area (Å²) >= 11 is 0. The number of amides is 1. The van der Waals surface area contributed by atoms with Crippen LogP contribution >= 0.6 is 0 Å². The van der Waals surface area contributed by atoms with Crippen LogP contribution in [0.3, 0.4) is 0 Å². The number of methoxy groups -OCH3 is 1. The second kappa shape index (κ2) is 8.35. The molecule has 4 rings (SSSR count). The number of hydrogen-bond donors (Lipinski definition) is 2. The summed E-state index contributed by atoms with van der Waals surface area (Å²) in [5.74, 6) is 5.25. The van der Waals surface area contributed by atoms with Gasteiger partial charge in [-0.25, -0.2) is 0 Å². The van der Waals surface area contributed by atoms with E-state index >= 15 is 0 Å². The molecule has 31 heavy (non-hydrogen) atoms. The highest BCUT2D eigenvalue weighted by molar-refractivity contribution is 6.31. The van der Waals surface area contributed by atoms with Crippen molar-refractivity contribution in [3.05, 3.63) is 71.4 Å². The van der Waals surface area contributed by atoms with Crippen molar-refractivity contribution >= 4 is 40.1 Å². The fraction of sp³-hybridized carbons (Fsp3) is 0.174. The van der Waals surface area contributed by atoms with Crippen molar-refractivity contribution in [1.82, 2.24) is 0 Å². The molecule has 0 saturated carbocycles. The monoisotopic (exact) mass is 419 g/mol. The van der Waals surface area contributed by atoms with Crippen LogP contribution in [0, 0.1) is 0 Å². The maximum Gasteiger partial charge on any atom is 0.303 e. The minimum atomic E-state index is -0.893. The van der Waals surface area contributed by atoms with Crippen molar-refractivity contribution < 1.29 is 23.8 Å². The van der Waals surface area contributed by atoms with Gasteiger partial charge in [-0.15, -0.1) is 0 Å². The average molecular weight is 419 g/mol. The van der Waals surface area contributed by atoms with E-state index in [-0.39, 0.29) is 18.7 Å². The molecule has 8 heteroatoms. The Labute approximate surface area is 178 Å². The SMILES string of the molecule is COC1=C(c2cccc3c(CCC(=O)O)occ23)C(=O)N(c2ccc(C=NN)cc2)C1. The van der Waals surface area contributed by atoms with Crippen molar-refractivity contribution in [3.8, 4) is 0 Å². The van der Waals surface area contributed by atoms with Gasteiger partial charge in [-0.05, 0) is 17.7 Å². The quantitative estimate of drug-likeness (QED) is 0.345. The van der Waals surface area contributed by atoms with Crippen LogP contribution in [-0.2, 0) is 20.7 Å². The fourth-order valence-corrected chi connectivity index (χ4v) is 3.78. The number of fused-ring (bicyclic) bond motifs is 1. The zero-order valence-corrected chi connectivity index (χ0v) is 16.9. The molecule has 1 aromatic heterocycles. The zero-order chi connectivity index (χ0) is 22.0. The van der Waals surface area contributed by atoms with Gasteiger partial charge in [0.2, 0.25) is 0 Å². The topological polar surface area (TPSA) is 118 Å². The van der Waals surface area contributed by atoms with Gasteiger partial charge in [-0.3, -0.25) is 9.59 Å². The summed E-state index contributed by atoms with van der Waals surface area (Å²) in [4.78, 5) is 26.0. The third kappa shape index (κ3) is 3.75. The lowest BCUT2D eigenvalue weighted by Gasteiger charge is -2.17. The lowest BCUT2D eigenvalue weighted by molar-refractivity contribution is -0.137. The van der Waals surface area contributed by atoms with E-state index in [1.54, 1.807) is 18.3 Å². The van der Waals surface area contributed by atoms with Crippen molar-refractivity contribution in [1.29, 1.82) is 0 Å². The summed E-state index contributed by atoms with van der Waals surface area (Å²) in [5.41, 5.74) is 2.71. The van der Waals surface area contributed by atoms with Gasteiger partial charge >= 0.3 is 5.97 Å². The van der Waals surface area contributed by atoms with Gasteiger partial charge < -0.3 is 25.0 Å². The number of nitrogens with two attached hydrogens (primary N) is 1. The average Bonchev–Trinajstić information content (AvgIpc) is 3.33. The number of carbonyl (C=O) groups is 2. The van der Waals surface area contributed by atoms with Crippen molar-refractivity contribution in [2.75, 3.05) is 18.6 Å². The minimum Gasteiger partial charge on any atom is -0.498 e. The lowest BCUT2D eigenvalue weighted by Crippen LogP contribution is -2.26. The third-order valence-corrected chi connectivity index (χ3v) is 5.28. The molecule has 8 nitrogen and oxygen atoms in total. The van der Waals surface area contributed by atoms with E-state index in [0.717, 1.165) is 22.0 Å². The van der Waals surface area contributed by atoms with Crippen LogP contribution in [0.5, 0.6) is 0 Å². The van der Waals surface area contributed by atoms with Gasteiger partial charge in [0.05, 0.1) is 38.1 Å². The summed E-state index contributed by atoms with van der Waals surface area (Å²) in [6, 6.07) is 12.8. The number of hydrazone groups is 1. The molecular formula is C23H21N3O5. The molecule has 0 atom stereocenters. The third-order valence-electron chi connectivity index (χ3n) is 5.28. The number of hydrogen-bond acceptors (Lipinski definition) is 6. The number of benzene rings is 2. The first-order chi connectivity index (χ1) is 15.0. The number of rotatable bonds is 7. The summed E-state index contributed by atoms with van der Waals surface area (Å²) in [7, 11) is 1.54. The van der Waals surface area contributed by atoms with E-state index < -0.39 is 5.97 Å². The van der Waals surface area contributed by atoms with Gasteiger partial charge in [0.25, 0.3) is 5.91 Å². The first-order valence-electron chi connectivity index (χ1n) is 9.67. The zero-order valence-electron chi connectivity index (χ0n) is 16.9. The van der Waals surface area contributed by atoms with Crippen LogP contribution in [0.15, 0.2) is 64.0 Å². The number of aryl methyl sites for hydroxylation is 1. The second-order valence-corrected chi connectivity index (χ2v) is 7.08. The van der Waals surface area contributed by atoms with E-state index in [1.165, 1.54) is 6.21 Å². The van der Waals surface area contributed by atoms with Crippen LogP contribution < -0.4 is 10.7 Å². The van der Waals surface area contributed by atoms with Crippen LogP contribution in [0.1, 0.15) is 23.3 Å². The molecule has 0 aliphatic carbocycles. The lowest BCUT2D eigenvalue weighted by atomic mass is 9.99. The summed E-state index contributed by atoms with van der Waals surface area (Å²) < 4.78 is 11.2. The molecule has 0 bridgehead atoms. The van der Waals surface area contributed by atoms with Gasteiger partial charge in [0, 0.05) is 28.4 Å². The van der Waals surface area contributed by atoms with Gasteiger partial charge in [0.1, 0.15) is 11.5 Å². The molecular weight excluding hydrogens is 398 g/mol. The van der Waals surface area contributed by atoms with Crippen LogP contribution in [0.25, 0.3) is 16.3 Å². The Balaban J connectivity index is 1.70. The summed E-state index contributed by atoms with van der Waals surface area (Å²) in [5, 5.41) is 14.0. The molecule has 0 fully saturated rings. The van der Waals surface area contributed by atoms with Gasteiger partial charge in [-0.2, -0.15) is 5.10 Å². The Morgan fingerprint density at radius 3 is 2.71 bits per heavy atom. The van der Waals surface area contributed by atoms with E-state index in [1.807, 2.05) is 42.5 Å². The minimum absolute atomic E-state index is 0.0313. The number of carbonyl (C=O) groups excluding carboxylic acids is 1. The van der Waals surface area contributed by atoms with Crippen LogP contribution in [0.2, 0.25) is 0 Å². The van der Waals surface area contributed by atoms with Crippen molar-refractivity contribution in [3.63, 3.8) is 0 Å². The van der Waals surface area contributed by atoms with Crippen molar-refractivity contribution in [2.45, 2.75) is 12.8 Å². The molecule has 3 N–H and O–H groups in total. The van der Waals surface area contributed by atoms with Crippen molar-refractivity contribution in [2.24, 2.45) is 10.9 Å². The van der Waals surface area contributed by atoms with Crippen LogP contribution in [0.4, 0.5) is 5.69 Å². The fourth-order valence-electron chi connectivity index (χ4n) is 3.78. The number of carboxylic acid groups (broad SMARTS) is 1. The number of ether oxygens (including phenoxy) is 1. The summed E-state index contributed by atoms with van der Waals surface area (Å²) in [6.45, 7) is 0.301. The first-order valence-corrected chi connectivity index (χ1v) is 9.67. The molecule has 0 saturated heterocycles. The Morgan fingerprint density at radius 1 is 1.26 bits per heavy atom. The highest BCUT2D eigenvalue weighted by Gasteiger charge is 2.34. The van der Waals surface area contributed by atoms with Gasteiger partial charge in [-0.1, -0.05) is 30.3 Å². The van der Waals surface area contributed by atoms with E-state index in [9.17, 15) is 9.59 Å². The Kier molecular flexibility index (Phi) is 5.44. The number of anilines is 1. The highest BCUT2D eigenvalue weighted by atomic mass is 16.5. The molecule has 3 aromatic rings. The Bertz CT molecular complexity index is 1210. The molecule has 0 spiro atoms. The highest BCUT2D eigenvalue weighted by Crippen LogP contribution is 2.37. The molecule has 158 valence electrons. The maximum absolute atomic E-state index is 13.4. The second-order valence-electron chi connectivity index (χ2n) is 7.08. The first kappa shape index (κ1) is 20.2. The normalized spacial score (nSPS) is 14.2. The predicted molar refractivity (Wildman–Crippen MR) is 117 cm³/mol. The predicted octanol–water partition coefficient (Wildman–Crippen LogP) is 3.15. The molecule has 0 radical (unpaired) electrons. The standard InChI is InChI=1S/C23H21N3O5/c1-30-20-12-26(15-7-5-14(6-8-15)11-25-24)23(29)22(20)17-4-2-3-16-18(17)13-31-19(16)9-10-21(27)28/h2-8,11,13H,9-10,12,24H2,1H3,(H,27,28). The van der Waals surface area contributed by atoms with E-state index in [4.69, 9.17) is 20.1 Å². The maximum atomic E-state index is 13.4. The van der Waals surface area contributed by atoms with E-state index in [2.05, 4.69) is 5.10 Å². The molecule has 2 heterocycles. The largest absolute Gasteiger partial charge is 0.498 e. The smallest absolute Gasteiger partial charge is 0.303 e. The summed E-state index contributed by atoms with van der Waals surface area (Å²) in [6.07, 6.45) is 3.34. The van der Waals surface area contributed by atoms with Crippen LogP contribution in [-0.4, -0.2) is 36.9 Å². The molecule has 1 amide bonds. The molecule has 1 aliphatic rings. The van der Waals surface area contributed by atoms with Gasteiger partial charge in [0.15, 0.2) is 0 Å². The molecule has 2 aromatic carbocycles. The number of carboxylic acids is 1. The Morgan fingerprint density at radius 2 is 2.03 bits per heavy atom.